The van der Waals surface area contributed by atoms with Gasteiger partial charge >= 0.3 is 0 Å². The summed E-state index contributed by atoms with van der Waals surface area (Å²) in [6.07, 6.45) is 4.28. The van der Waals surface area contributed by atoms with Crippen LogP contribution in [0.2, 0.25) is 0 Å². The summed E-state index contributed by atoms with van der Waals surface area (Å²) in [6, 6.07) is 0. The van der Waals surface area contributed by atoms with Gasteiger partial charge in [-0.1, -0.05) is 6.92 Å². The number of rotatable bonds is 4. The summed E-state index contributed by atoms with van der Waals surface area (Å²) in [5.41, 5.74) is 1.82. The van der Waals surface area contributed by atoms with Crippen LogP contribution in [-0.2, 0) is 13.0 Å². The van der Waals surface area contributed by atoms with Crippen LogP contribution < -0.4 is 4.90 Å². The number of aromatic nitrogens is 5. The van der Waals surface area contributed by atoms with Gasteiger partial charge < -0.3 is 4.90 Å². The number of nitrogens with one attached hydrogen (secondary N) is 1. The molecule has 0 aromatic carbocycles. The van der Waals surface area contributed by atoms with Crippen molar-refractivity contribution in [3.05, 3.63) is 28.6 Å². The van der Waals surface area contributed by atoms with Gasteiger partial charge in [-0.25, -0.2) is 15.0 Å². The monoisotopic (exact) mass is 274 g/mol. The molecule has 3 aromatic rings. The van der Waals surface area contributed by atoms with Gasteiger partial charge in [0.2, 0.25) is 0 Å². The number of fused-ring (bicyclic) bond motifs is 1. The van der Waals surface area contributed by atoms with E-state index in [9.17, 15) is 0 Å². The van der Waals surface area contributed by atoms with Crippen LogP contribution in [0.15, 0.2) is 17.9 Å². The number of anilines is 1. The van der Waals surface area contributed by atoms with Gasteiger partial charge in [0.25, 0.3) is 0 Å². The molecule has 0 aliphatic rings. The van der Waals surface area contributed by atoms with E-state index in [0.29, 0.717) is 0 Å². The van der Waals surface area contributed by atoms with E-state index in [4.69, 9.17) is 0 Å². The fraction of sp³-hybridized carbons (Fsp3) is 0.333. The van der Waals surface area contributed by atoms with Crippen LogP contribution >= 0.6 is 11.3 Å². The Balaban J connectivity index is 1.87. The summed E-state index contributed by atoms with van der Waals surface area (Å²) >= 11 is 1.70. The lowest BCUT2D eigenvalue weighted by molar-refractivity contribution is 0.867. The Labute approximate surface area is 114 Å². The zero-order valence-corrected chi connectivity index (χ0v) is 11.6. The lowest BCUT2D eigenvalue weighted by atomic mass is 10.3. The highest BCUT2D eigenvalue weighted by atomic mass is 32.1. The third kappa shape index (κ3) is 2.28. The Morgan fingerprint density at radius 1 is 1.37 bits per heavy atom. The molecule has 98 valence electrons. The molecule has 0 fully saturated rings. The Hall–Kier alpha value is -2.02. The van der Waals surface area contributed by atoms with E-state index in [1.165, 1.54) is 5.01 Å². The third-order valence-corrected chi connectivity index (χ3v) is 3.93. The fourth-order valence-corrected chi connectivity index (χ4v) is 2.69. The number of nitrogens with zero attached hydrogens (tertiary/aromatic N) is 5. The first-order valence-electron chi connectivity index (χ1n) is 6.06. The second-order valence-corrected chi connectivity index (χ2v) is 5.21. The minimum atomic E-state index is 0.730. The average Bonchev–Trinajstić information content (AvgIpc) is 3.05. The molecular formula is C12H14N6S. The zero-order valence-electron chi connectivity index (χ0n) is 10.8. The van der Waals surface area contributed by atoms with Crippen molar-refractivity contribution in [2.24, 2.45) is 0 Å². The van der Waals surface area contributed by atoms with Crippen molar-refractivity contribution in [1.29, 1.82) is 0 Å². The first-order chi connectivity index (χ1) is 9.28. The molecule has 3 rings (SSSR count). The number of thiazole rings is 1. The van der Waals surface area contributed by atoms with Crippen molar-refractivity contribution in [1.82, 2.24) is 25.1 Å². The Morgan fingerprint density at radius 3 is 3.05 bits per heavy atom. The standard InChI is InChI=1S/C12H14N6S/c1-3-10-16-8(6-19-10)5-18(2)12-9-4-15-17-11(9)13-7-14-12/h4,6-7H,3,5H2,1-2H3,(H,13,14,15,17). The second kappa shape index (κ2) is 4.93. The minimum Gasteiger partial charge on any atom is -0.353 e. The topological polar surface area (TPSA) is 70.6 Å². The molecule has 0 radical (unpaired) electrons. The number of aromatic amines is 1. The van der Waals surface area contributed by atoms with Crippen molar-refractivity contribution < 1.29 is 0 Å². The van der Waals surface area contributed by atoms with E-state index < -0.39 is 0 Å². The number of H-pyrrole nitrogens is 1. The molecule has 0 saturated heterocycles. The van der Waals surface area contributed by atoms with Gasteiger partial charge in [-0.3, -0.25) is 5.10 Å². The maximum absolute atomic E-state index is 4.57. The smallest absolute Gasteiger partial charge is 0.160 e. The van der Waals surface area contributed by atoms with Gasteiger partial charge in [-0.05, 0) is 6.42 Å². The van der Waals surface area contributed by atoms with E-state index in [1.807, 2.05) is 7.05 Å². The molecule has 0 saturated carbocycles. The molecule has 0 bridgehead atoms. The molecule has 7 heteroatoms. The van der Waals surface area contributed by atoms with Crippen molar-refractivity contribution >= 4 is 28.2 Å². The maximum atomic E-state index is 4.57. The molecule has 1 N–H and O–H groups in total. The molecule has 6 nitrogen and oxygen atoms in total. The van der Waals surface area contributed by atoms with Crippen molar-refractivity contribution in [3.8, 4) is 0 Å². The Kier molecular flexibility index (Phi) is 3.12. The third-order valence-electron chi connectivity index (χ3n) is 2.89. The van der Waals surface area contributed by atoms with Crippen molar-refractivity contribution in [2.45, 2.75) is 19.9 Å². The van der Waals surface area contributed by atoms with Crippen LogP contribution in [0.3, 0.4) is 0 Å². The van der Waals surface area contributed by atoms with Crippen LogP contribution in [0, 0.1) is 0 Å². The van der Waals surface area contributed by atoms with Crippen LogP contribution in [0.4, 0.5) is 5.82 Å². The SMILES string of the molecule is CCc1nc(CN(C)c2ncnc3[nH]ncc23)cs1. The Morgan fingerprint density at radius 2 is 2.26 bits per heavy atom. The number of aryl methyl sites for hydroxylation is 1. The second-order valence-electron chi connectivity index (χ2n) is 4.27. The lowest BCUT2D eigenvalue weighted by Gasteiger charge is -2.16. The van der Waals surface area contributed by atoms with Gasteiger partial charge in [0.05, 0.1) is 28.8 Å². The predicted octanol–water partition coefficient (Wildman–Crippen LogP) is 2.01. The molecule has 3 aromatic heterocycles. The lowest BCUT2D eigenvalue weighted by Crippen LogP contribution is -2.18. The first kappa shape index (κ1) is 12.0. The molecule has 0 unspecified atom stereocenters. The molecule has 0 aliphatic carbocycles. The molecule has 3 heterocycles. The summed E-state index contributed by atoms with van der Waals surface area (Å²) in [7, 11) is 2.00. The normalized spacial score (nSPS) is 11.1. The van der Waals surface area contributed by atoms with Crippen LogP contribution in [0.5, 0.6) is 0 Å². The molecule has 0 amide bonds. The summed E-state index contributed by atoms with van der Waals surface area (Å²) in [6.45, 7) is 2.85. The highest BCUT2D eigenvalue weighted by Crippen LogP contribution is 2.21. The van der Waals surface area contributed by atoms with E-state index in [0.717, 1.165) is 35.5 Å². The fourth-order valence-electron chi connectivity index (χ4n) is 1.96. The van der Waals surface area contributed by atoms with E-state index in [2.05, 4.69) is 42.4 Å². The molecule has 19 heavy (non-hydrogen) atoms. The summed E-state index contributed by atoms with van der Waals surface area (Å²) in [4.78, 5) is 15.1. The van der Waals surface area contributed by atoms with Gasteiger partial charge in [0.1, 0.15) is 12.1 Å². The van der Waals surface area contributed by atoms with E-state index in [1.54, 1.807) is 23.9 Å². The number of hydrogen-bond donors (Lipinski definition) is 1. The first-order valence-corrected chi connectivity index (χ1v) is 6.94. The van der Waals surface area contributed by atoms with Crippen LogP contribution in [0.1, 0.15) is 17.6 Å². The zero-order chi connectivity index (χ0) is 13.2. The highest BCUT2D eigenvalue weighted by Gasteiger charge is 2.11. The minimum absolute atomic E-state index is 0.730. The average molecular weight is 274 g/mol. The van der Waals surface area contributed by atoms with Crippen molar-refractivity contribution in [3.63, 3.8) is 0 Å². The molecule has 0 aliphatic heterocycles. The maximum Gasteiger partial charge on any atom is 0.160 e. The van der Waals surface area contributed by atoms with Gasteiger partial charge in [0.15, 0.2) is 5.65 Å². The number of hydrogen-bond acceptors (Lipinski definition) is 6. The molecule has 0 spiro atoms. The van der Waals surface area contributed by atoms with Crippen molar-refractivity contribution in [2.75, 3.05) is 11.9 Å². The predicted molar refractivity (Wildman–Crippen MR) is 75.3 cm³/mol. The highest BCUT2D eigenvalue weighted by molar-refractivity contribution is 7.09. The van der Waals surface area contributed by atoms with E-state index in [-0.39, 0.29) is 0 Å². The summed E-state index contributed by atoms with van der Waals surface area (Å²) in [5, 5.41) is 11.0. The van der Waals surface area contributed by atoms with Crippen LogP contribution in [-0.4, -0.2) is 32.2 Å². The van der Waals surface area contributed by atoms with Crippen LogP contribution in [0.25, 0.3) is 11.0 Å². The van der Waals surface area contributed by atoms with Gasteiger partial charge in [-0.15, -0.1) is 11.3 Å². The largest absolute Gasteiger partial charge is 0.353 e. The summed E-state index contributed by atoms with van der Waals surface area (Å²) in [5.74, 6) is 0.866. The summed E-state index contributed by atoms with van der Waals surface area (Å²) < 4.78 is 0. The quantitative estimate of drug-likeness (QED) is 0.788. The Bertz CT molecular complexity index is 688. The molecule has 0 atom stereocenters. The molecular weight excluding hydrogens is 260 g/mol. The van der Waals surface area contributed by atoms with E-state index >= 15 is 0 Å². The van der Waals surface area contributed by atoms with Gasteiger partial charge in [-0.2, -0.15) is 5.10 Å². The van der Waals surface area contributed by atoms with Gasteiger partial charge in [0, 0.05) is 12.4 Å².